The third-order valence-electron chi connectivity index (χ3n) is 0. The first-order valence-electron chi connectivity index (χ1n) is 1.16. The summed E-state index contributed by atoms with van der Waals surface area (Å²) in [6.45, 7) is 0. The topological polar surface area (TPSA) is 696 Å². The maximum atomic E-state index is 7.75. The van der Waals surface area contributed by atoms with E-state index < -0.39 is 17.9 Å². The van der Waals surface area contributed by atoms with Gasteiger partial charge in [-0.2, -0.15) is 0 Å². The van der Waals surface area contributed by atoms with Crippen LogP contribution in [-0.2, 0) is 126 Å². The first kappa shape index (κ1) is 406. The molecule has 31 heavy (non-hydrogen) atoms. The average molecular weight is 1660 g/mol. The van der Waals surface area contributed by atoms with Crippen LogP contribution in [0.15, 0.2) is 0 Å². The molecule has 0 unspecified atom stereocenters. The molecular formula is H45O24TeW6+3. The van der Waals surface area contributed by atoms with E-state index in [4.69, 9.17) is 20.8 Å². The summed E-state index contributed by atoms with van der Waals surface area (Å²) >= 11 is -7.43. The van der Waals surface area contributed by atoms with Crippen LogP contribution in [0.1, 0.15) is 0 Å². The molecule has 0 atom stereocenters. The molecule has 0 spiro atoms. The molecule has 0 amide bonds. The van der Waals surface area contributed by atoms with Crippen molar-refractivity contribution in [3.8, 4) is 0 Å². The van der Waals surface area contributed by atoms with Crippen molar-refractivity contribution in [2.75, 3.05) is 0 Å². The van der Waals surface area contributed by atoms with Crippen molar-refractivity contribution < 1.29 is 246 Å². The molecule has 0 aromatic carbocycles. The van der Waals surface area contributed by atoms with Crippen LogP contribution in [-0.4, -0.2) is 137 Å². The number of rotatable bonds is 0. The Labute approximate surface area is 260 Å². The molecule has 0 fully saturated rings. The van der Waals surface area contributed by atoms with Crippen molar-refractivity contribution in [1.82, 2.24) is 0 Å². The van der Waals surface area contributed by atoms with Crippen LogP contribution in [0.2, 0.25) is 0 Å². The van der Waals surface area contributed by atoms with Crippen molar-refractivity contribution in [3.63, 3.8) is 0 Å². The fourth-order valence-electron chi connectivity index (χ4n) is 0. The normalized spacial score (nSPS) is 5.23. The summed E-state index contributed by atoms with van der Waals surface area (Å²) in [5, 5.41) is 0. The van der Waals surface area contributed by atoms with Gasteiger partial charge in [0.15, 0.2) is 0 Å². The zero-order chi connectivity index (χ0) is 6.41. The molecule has 24 nitrogen and oxygen atoms in total. The van der Waals surface area contributed by atoms with Gasteiger partial charge in [0.1, 0.15) is 0 Å². The molecule has 0 aliphatic heterocycles. The van der Waals surface area contributed by atoms with E-state index in [0.29, 0.717) is 0 Å². The van der Waals surface area contributed by atoms with E-state index >= 15 is 0 Å². The Morgan fingerprint density at radius 2 is 0.258 bits per heavy atom. The van der Waals surface area contributed by atoms with Gasteiger partial charge in [-0.3, -0.25) is 0 Å². The smallest absolute Gasteiger partial charge is 0 e. The Kier molecular flexibility index (Phi) is 1350. The molecule has 0 bridgehead atoms. The Morgan fingerprint density at radius 1 is 0.258 bits per heavy atom. The predicted molar refractivity (Wildman–Crippen MR) is 88.3 cm³/mol. The van der Waals surface area contributed by atoms with E-state index in [1.54, 1.807) is 0 Å². The standard InChI is InChI=1S/H6O6Te.18H2O.6W/c1-7(2,3,4,5)6;;;;;;;;;;;;;;;;;;;;;;;;/h1-6H;18*1H2;;;;;;/p+3. The van der Waals surface area contributed by atoms with Gasteiger partial charge >= 0.3 is 38.7 Å². The van der Waals surface area contributed by atoms with Crippen molar-refractivity contribution >= 4 is 17.9 Å². The fraction of sp³-hybridized carbons (Fsp3) is 0. The fourth-order valence-corrected chi connectivity index (χ4v) is 0. The van der Waals surface area contributed by atoms with Crippen LogP contribution in [0.4, 0.5) is 0 Å². The van der Waals surface area contributed by atoms with E-state index in [1.165, 1.54) is 0 Å². The monoisotopic (exact) mass is 1660 g/mol. The second kappa shape index (κ2) is 103. The van der Waals surface area contributed by atoms with E-state index in [0.717, 1.165) is 0 Å². The van der Waals surface area contributed by atoms with Crippen molar-refractivity contribution in [2.24, 2.45) is 0 Å². The molecule has 0 heterocycles. The quantitative estimate of drug-likeness (QED) is 0.157. The maximum Gasteiger partial charge on any atom is 0 e. The van der Waals surface area contributed by atoms with E-state index in [-0.39, 0.29) is 225 Å². The summed E-state index contributed by atoms with van der Waals surface area (Å²) < 4.78 is 40.8. The van der Waals surface area contributed by atoms with Crippen LogP contribution in [0, 0.1) is 0 Å². The third-order valence-corrected chi connectivity index (χ3v) is 0. The van der Waals surface area contributed by atoms with Gasteiger partial charge in [0.05, 0.1) is 0 Å². The Balaban J connectivity index is -0.000000000652. The van der Waals surface area contributed by atoms with Crippen LogP contribution >= 0.6 is 0 Å². The molecule has 45 N–H and O–H groups in total. The molecule has 228 valence electrons. The van der Waals surface area contributed by atoms with Gasteiger partial charge in [0.2, 0.25) is 0 Å². The Bertz CT molecular complexity index is 86.6. The largest absolute Gasteiger partial charge is 0 e. The summed E-state index contributed by atoms with van der Waals surface area (Å²) in [6, 6.07) is 0. The maximum absolute atomic E-state index is 7.75. The molecule has 0 radical (unpaired) electrons. The zero-order valence-electron chi connectivity index (χ0n) is 14.7. The zero-order valence-corrected chi connectivity index (χ0v) is 34.6. The van der Waals surface area contributed by atoms with Crippen LogP contribution in [0.25, 0.3) is 0 Å². The van der Waals surface area contributed by atoms with Crippen molar-refractivity contribution in [2.45, 2.75) is 0 Å². The molecule has 0 saturated heterocycles. The van der Waals surface area contributed by atoms with Crippen molar-refractivity contribution in [1.29, 1.82) is 0 Å². The molecule has 0 aromatic heterocycles. The third kappa shape index (κ3) is 2210. The molecule has 0 aromatic rings. The summed E-state index contributed by atoms with van der Waals surface area (Å²) in [5.41, 5.74) is 0. The van der Waals surface area contributed by atoms with Crippen molar-refractivity contribution in [3.05, 3.63) is 0 Å². The molecule has 0 saturated carbocycles. The molecular weight excluding hydrogens is 1610 g/mol. The predicted octanol–water partition coefficient (Wildman–Crippen LogP) is -19.4. The van der Waals surface area contributed by atoms with Gasteiger partial charge in [0, 0.05) is 126 Å². The molecule has 0 aliphatic rings. The van der Waals surface area contributed by atoms with Crippen LogP contribution in [0.3, 0.4) is 0 Å². The summed E-state index contributed by atoms with van der Waals surface area (Å²) in [4.78, 5) is 0. The SMILES string of the molecule is O.O.O.O.O.O.O.O.O.O.O.O.O.O.O.O.O.O.O[Te](O)(O)([OH2+])([OH2+])[OH2+].[W].[W].[W].[W].[W].[W]. The first-order valence-corrected chi connectivity index (χ1v) is 7.78. The van der Waals surface area contributed by atoms with E-state index in [9.17, 15) is 0 Å². The minimum atomic E-state index is -7.43. The van der Waals surface area contributed by atoms with Gasteiger partial charge < -0.3 is 98.6 Å². The number of hydrogen-bond donors (Lipinski definition) is 3. The van der Waals surface area contributed by atoms with E-state index in [2.05, 4.69) is 0 Å². The molecule has 0 rings (SSSR count). The van der Waals surface area contributed by atoms with Gasteiger partial charge in [-0.1, -0.05) is 0 Å². The van der Waals surface area contributed by atoms with Gasteiger partial charge in [-0.15, -0.1) is 0 Å². The second-order valence-corrected chi connectivity index (χ2v) is 9.21. The summed E-state index contributed by atoms with van der Waals surface area (Å²) in [7, 11) is 0. The summed E-state index contributed by atoms with van der Waals surface area (Å²) in [5.74, 6) is 0. The van der Waals surface area contributed by atoms with E-state index in [1.807, 2.05) is 0 Å². The molecule has 31 heteroatoms. The van der Waals surface area contributed by atoms with Gasteiger partial charge in [0.25, 0.3) is 0 Å². The minimum Gasteiger partial charge on any atom is 0 e. The Morgan fingerprint density at radius 3 is 0.258 bits per heavy atom. The number of hydrogen-bond acceptors (Lipinski definition) is 3. The first-order chi connectivity index (χ1) is 2.45. The second-order valence-electron chi connectivity index (χ2n) is 1.37. The minimum absolute atomic E-state index is 0. The van der Waals surface area contributed by atoms with Crippen LogP contribution < -0.4 is 0 Å². The van der Waals surface area contributed by atoms with Crippen LogP contribution in [0.5, 0.6) is 0 Å². The summed E-state index contributed by atoms with van der Waals surface area (Å²) in [6.07, 6.45) is 0. The molecule has 0 aliphatic carbocycles. The average Bonchev–Trinajstić information content (AvgIpc) is 0.592. The van der Waals surface area contributed by atoms with Gasteiger partial charge in [-0.05, 0) is 0 Å². The Hall–Kier alpha value is 3.96. The van der Waals surface area contributed by atoms with Gasteiger partial charge in [-0.25, -0.2) is 0 Å².